The molecule has 0 saturated heterocycles. The Morgan fingerprint density at radius 1 is 1.19 bits per heavy atom. The third-order valence-corrected chi connectivity index (χ3v) is 5.56. The number of carbonyl (C=O) groups is 1. The maximum atomic E-state index is 12.7. The van der Waals surface area contributed by atoms with E-state index in [-0.39, 0.29) is 50.4 Å². The molecule has 0 radical (unpaired) electrons. The standard InChI is InChI=1S/C18H24F3N3O3/c19-18(20,21)12-7-5-11(6-8-12)16(22)23-15(25)9-10-24-13-3-1-2-4-14(13)27-17(24)26/h11-12H,1-10H2,(H2,22,23,25). The molecule has 1 fully saturated rings. The molecule has 0 atom stereocenters. The number of carbonyl (C=O) groups excluding carboxylic acids is 1. The van der Waals surface area contributed by atoms with Crippen LogP contribution in [-0.2, 0) is 24.2 Å². The second-order valence-corrected chi connectivity index (χ2v) is 7.37. The lowest BCUT2D eigenvalue weighted by Gasteiger charge is -2.29. The van der Waals surface area contributed by atoms with Gasteiger partial charge in [0.2, 0.25) is 5.91 Å². The van der Waals surface area contributed by atoms with Gasteiger partial charge in [-0.25, -0.2) is 9.79 Å². The molecule has 1 aromatic rings. The van der Waals surface area contributed by atoms with E-state index in [1.54, 1.807) is 0 Å². The Hall–Kier alpha value is -2.06. The van der Waals surface area contributed by atoms with E-state index in [2.05, 4.69) is 4.99 Å². The van der Waals surface area contributed by atoms with E-state index >= 15 is 0 Å². The molecule has 0 aliphatic heterocycles. The molecule has 27 heavy (non-hydrogen) atoms. The number of amidine groups is 1. The number of oxazole rings is 1. The molecule has 0 bridgehead atoms. The monoisotopic (exact) mass is 387 g/mol. The molecule has 3 rings (SSSR count). The topological polar surface area (TPSA) is 90.6 Å². The summed E-state index contributed by atoms with van der Waals surface area (Å²) in [5.74, 6) is -1.72. The summed E-state index contributed by atoms with van der Waals surface area (Å²) in [4.78, 5) is 27.9. The number of rotatable bonds is 4. The fourth-order valence-corrected chi connectivity index (χ4v) is 3.97. The first-order valence-electron chi connectivity index (χ1n) is 9.40. The molecule has 150 valence electrons. The van der Waals surface area contributed by atoms with Crippen molar-refractivity contribution in [3.8, 4) is 0 Å². The summed E-state index contributed by atoms with van der Waals surface area (Å²) in [6.45, 7) is 0.175. The lowest BCUT2D eigenvalue weighted by molar-refractivity contribution is -0.182. The number of aliphatic imine (C=N–C) groups is 1. The van der Waals surface area contributed by atoms with Crippen molar-refractivity contribution < 1.29 is 22.4 Å². The van der Waals surface area contributed by atoms with Gasteiger partial charge in [-0.05, 0) is 44.9 Å². The molecule has 9 heteroatoms. The quantitative estimate of drug-likeness (QED) is 0.635. The van der Waals surface area contributed by atoms with E-state index in [9.17, 15) is 22.8 Å². The second-order valence-electron chi connectivity index (χ2n) is 7.37. The van der Waals surface area contributed by atoms with Crippen LogP contribution in [0.25, 0.3) is 0 Å². The smallest absolute Gasteiger partial charge is 0.413 e. The Labute approximate surface area is 154 Å². The number of nitrogens with zero attached hydrogens (tertiary/aromatic N) is 2. The number of fused-ring (bicyclic) bond motifs is 1. The summed E-state index contributed by atoms with van der Waals surface area (Å²) in [5.41, 5.74) is 6.70. The zero-order valence-electron chi connectivity index (χ0n) is 15.1. The average Bonchev–Trinajstić information content (AvgIpc) is 2.94. The lowest BCUT2D eigenvalue weighted by Crippen LogP contribution is -2.33. The maximum absolute atomic E-state index is 12.7. The van der Waals surface area contributed by atoms with Gasteiger partial charge in [0.05, 0.1) is 11.6 Å². The van der Waals surface area contributed by atoms with Crippen LogP contribution in [0.4, 0.5) is 13.2 Å². The first kappa shape index (κ1) is 19.7. The van der Waals surface area contributed by atoms with Gasteiger partial charge in [0.25, 0.3) is 0 Å². The third kappa shape index (κ3) is 4.62. The fraction of sp³-hybridized carbons (Fsp3) is 0.722. The van der Waals surface area contributed by atoms with Crippen molar-refractivity contribution in [2.24, 2.45) is 22.6 Å². The highest BCUT2D eigenvalue weighted by molar-refractivity contribution is 5.94. The Morgan fingerprint density at radius 3 is 2.52 bits per heavy atom. The van der Waals surface area contributed by atoms with Crippen LogP contribution >= 0.6 is 0 Å². The van der Waals surface area contributed by atoms with Gasteiger partial charge in [-0.2, -0.15) is 13.2 Å². The first-order chi connectivity index (χ1) is 12.8. The molecular formula is C18H24F3N3O3. The van der Waals surface area contributed by atoms with Crippen molar-refractivity contribution in [2.75, 3.05) is 0 Å². The Morgan fingerprint density at radius 2 is 1.85 bits per heavy atom. The van der Waals surface area contributed by atoms with Gasteiger partial charge >= 0.3 is 11.9 Å². The predicted octanol–water partition coefficient (Wildman–Crippen LogP) is 2.96. The highest BCUT2D eigenvalue weighted by Crippen LogP contribution is 2.39. The molecule has 2 N–H and O–H groups in total. The number of amides is 1. The van der Waals surface area contributed by atoms with Gasteiger partial charge < -0.3 is 10.2 Å². The summed E-state index contributed by atoms with van der Waals surface area (Å²) in [6, 6.07) is 0. The number of aryl methyl sites for hydroxylation is 1. The van der Waals surface area contributed by atoms with E-state index in [1.807, 2.05) is 0 Å². The minimum atomic E-state index is -4.18. The molecule has 2 aliphatic carbocycles. The maximum Gasteiger partial charge on any atom is 0.419 e. The molecule has 1 aromatic heterocycles. The SMILES string of the molecule is NC(=NC(=O)CCn1c2c(oc1=O)CCCC2)C1CCC(C(F)(F)F)CC1. The van der Waals surface area contributed by atoms with Gasteiger partial charge in [-0.3, -0.25) is 9.36 Å². The van der Waals surface area contributed by atoms with Gasteiger partial charge in [0.15, 0.2) is 0 Å². The summed E-state index contributed by atoms with van der Waals surface area (Å²) in [5, 5.41) is 0. The zero-order chi connectivity index (χ0) is 19.6. The minimum Gasteiger partial charge on any atom is -0.413 e. The van der Waals surface area contributed by atoms with E-state index in [4.69, 9.17) is 10.2 Å². The van der Waals surface area contributed by atoms with Crippen LogP contribution in [0.3, 0.4) is 0 Å². The third-order valence-electron chi connectivity index (χ3n) is 5.56. The van der Waals surface area contributed by atoms with Crippen LogP contribution in [0.2, 0.25) is 0 Å². The first-order valence-corrected chi connectivity index (χ1v) is 9.40. The largest absolute Gasteiger partial charge is 0.419 e. The van der Waals surface area contributed by atoms with Crippen LogP contribution in [0.15, 0.2) is 14.2 Å². The van der Waals surface area contributed by atoms with E-state index in [0.29, 0.717) is 5.76 Å². The van der Waals surface area contributed by atoms with Gasteiger partial charge in [0, 0.05) is 25.3 Å². The van der Waals surface area contributed by atoms with Crippen LogP contribution in [-0.4, -0.2) is 22.5 Å². The molecule has 1 saturated carbocycles. The molecule has 2 aliphatic rings. The molecule has 0 unspecified atom stereocenters. The summed E-state index contributed by atoms with van der Waals surface area (Å²) in [7, 11) is 0. The van der Waals surface area contributed by atoms with Crippen molar-refractivity contribution in [1.82, 2.24) is 4.57 Å². The minimum absolute atomic E-state index is 0.00444. The Kier molecular flexibility index (Phi) is 5.76. The van der Waals surface area contributed by atoms with Crippen LogP contribution in [0.1, 0.15) is 56.4 Å². The van der Waals surface area contributed by atoms with E-state index < -0.39 is 23.8 Å². The number of hydrogen-bond donors (Lipinski definition) is 1. The van der Waals surface area contributed by atoms with Crippen molar-refractivity contribution in [3.63, 3.8) is 0 Å². The second kappa shape index (κ2) is 7.90. The summed E-state index contributed by atoms with van der Waals surface area (Å²) in [6.07, 6.45) is -0.149. The van der Waals surface area contributed by atoms with Crippen molar-refractivity contribution >= 4 is 11.7 Å². The summed E-state index contributed by atoms with van der Waals surface area (Å²) < 4.78 is 44.9. The summed E-state index contributed by atoms with van der Waals surface area (Å²) >= 11 is 0. The number of halogens is 3. The normalized spacial score (nSPS) is 23.9. The lowest BCUT2D eigenvalue weighted by atomic mass is 9.81. The number of aromatic nitrogens is 1. The van der Waals surface area contributed by atoms with Crippen LogP contribution in [0.5, 0.6) is 0 Å². The van der Waals surface area contributed by atoms with Gasteiger partial charge in [-0.15, -0.1) is 0 Å². The molecule has 1 amide bonds. The molecule has 1 heterocycles. The van der Waals surface area contributed by atoms with E-state index in [0.717, 1.165) is 31.4 Å². The van der Waals surface area contributed by atoms with Gasteiger partial charge in [0.1, 0.15) is 11.6 Å². The zero-order valence-corrected chi connectivity index (χ0v) is 15.1. The number of hydrogen-bond acceptors (Lipinski definition) is 3. The molecule has 0 spiro atoms. The molecular weight excluding hydrogens is 363 g/mol. The average molecular weight is 387 g/mol. The highest BCUT2D eigenvalue weighted by Gasteiger charge is 2.41. The van der Waals surface area contributed by atoms with Crippen LogP contribution < -0.4 is 11.5 Å². The van der Waals surface area contributed by atoms with Gasteiger partial charge in [-0.1, -0.05) is 0 Å². The highest BCUT2D eigenvalue weighted by atomic mass is 19.4. The number of nitrogens with two attached hydrogens (primary N) is 1. The molecule has 6 nitrogen and oxygen atoms in total. The van der Waals surface area contributed by atoms with Crippen molar-refractivity contribution in [1.29, 1.82) is 0 Å². The fourth-order valence-electron chi connectivity index (χ4n) is 3.97. The van der Waals surface area contributed by atoms with Crippen molar-refractivity contribution in [2.45, 2.75) is 70.5 Å². The number of alkyl halides is 3. The molecule has 0 aromatic carbocycles. The van der Waals surface area contributed by atoms with Crippen LogP contribution in [0, 0.1) is 11.8 Å². The Balaban J connectivity index is 1.55. The Bertz CT molecular complexity index is 771. The van der Waals surface area contributed by atoms with Crippen molar-refractivity contribution in [3.05, 3.63) is 22.0 Å². The van der Waals surface area contributed by atoms with E-state index in [1.165, 1.54) is 4.57 Å². The predicted molar refractivity (Wildman–Crippen MR) is 92.4 cm³/mol.